The highest BCUT2D eigenvalue weighted by atomic mass is 19.3. The Balaban J connectivity index is 0.00000229. The zero-order valence-corrected chi connectivity index (χ0v) is 19.4. The minimum absolute atomic E-state index is 0. The van der Waals surface area contributed by atoms with Gasteiger partial charge in [0, 0.05) is 35.0 Å². The fraction of sp³-hybridized carbons (Fsp3) is 0.552. The van der Waals surface area contributed by atoms with Crippen LogP contribution in [0.5, 0.6) is 5.75 Å². The highest BCUT2D eigenvalue weighted by Gasteiger charge is 2.75. The second-order valence-electron chi connectivity index (χ2n) is 11.1. The third-order valence-corrected chi connectivity index (χ3v) is 10.2. The first kappa shape index (κ1) is 23.0. The Hall–Kier alpha value is -2.47. The first-order chi connectivity index (χ1) is 16.4. The zero-order chi connectivity index (χ0) is 23.3. The molecule has 3 aliphatic carbocycles. The predicted molar refractivity (Wildman–Crippen MR) is 131 cm³/mol. The van der Waals surface area contributed by atoms with Crippen molar-refractivity contribution in [3.05, 3.63) is 65.2 Å². The summed E-state index contributed by atoms with van der Waals surface area (Å²) in [4.78, 5) is 15.2. The van der Waals surface area contributed by atoms with Crippen molar-refractivity contribution >= 4 is 5.91 Å². The molecular weight excluding hydrogens is 446 g/mol. The summed E-state index contributed by atoms with van der Waals surface area (Å²) >= 11 is 0. The van der Waals surface area contributed by atoms with E-state index in [-0.39, 0.29) is 29.9 Å². The number of rotatable bonds is 3. The molecular formula is C29H34F2N2O2. The minimum atomic E-state index is -3.52. The Morgan fingerprint density at radius 3 is 2.74 bits per heavy atom. The molecule has 4 bridgehead atoms. The van der Waals surface area contributed by atoms with Crippen LogP contribution in [-0.2, 0) is 22.6 Å². The fourth-order valence-corrected chi connectivity index (χ4v) is 9.16. The number of nitrogens with one attached hydrogen (secondary N) is 1. The average molecular weight is 481 g/mol. The molecule has 2 aromatic rings. The second kappa shape index (κ2) is 7.52. The number of likely N-dealkylation sites (tertiary alicyclic amines) is 1. The summed E-state index contributed by atoms with van der Waals surface area (Å²) in [5.41, 5.74) is 2.14. The topological polar surface area (TPSA) is 41.6 Å². The normalized spacial score (nSPS) is 36.1. The Kier molecular flexibility index (Phi) is 4.93. The molecule has 2 aromatic carbocycles. The Morgan fingerprint density at radius 2 is 1.97 bits per heavy atom. The van der Waals surface area contributed by atoms with Crippen molar-refractivity contribution < 1.29 is 18.3 Å². The predicted octanol–water partition coefficient (Wildman–Crippen LogP) is 4.91. The maximum absolute atomic E-state index is 15.5. The van der Waals surface area contributed by atoms with Crippen molar-refractivity contribution in [3.8, 4) is 5.75 Å². The number of carbonyl (C=O) groups excluding carboxylic acids is 1. The van der Waals surface area contributed by atoms with Crippen LogP contribution >= 0.6 is 0 Å². The summed E-state index contributed by atoms with van der Waals surface area (Å²) in [6.07, 6.45) is 4.47. The van der Waals surface area contributed by atoms with Gasteiger partial charge in [0.1, 0.15) is 5.75 Å². The molecule has 2 saturated carbocycles. The van der Waals surface area contributed by atoms with Crippen LogP contribution in [0.15, 0.2) is 48.5 Å². The molecule has 1 amide bonds. The number of piperidine rings is 1. The van der Waals surface area contributed by atoms with Gasteiger partial charge in [0.2, 0.25) is 0 Å². The molecule has 6 atom stereocenters. The van der Waals surface area contributed by atoms with E-state index in [0.29, 0.717) is 30.8 Å². The van der Waals surface area contributed by atoms with Crippen molar-refractivity contribution in [1.29, 1.82) is 0 Å². The standard InChI is InChI=1S/C28H30F2N2O2.CH4/c1-34-20-8-7-17-13-23-26-10-9-22-24(18(15-26)16-31-22)27(26,21(17)14-20)11-12-32(23)25(33)28(29,30)19-5-3-2-4-6-19;/h2-8,14,18,22-24,31H,9-13,15-16H2,1H3;1H4/t18-,22?,23?,24?,26?,27?;/m1./s1. The van der Waals surface area contributed by atoms with Gasteiger partial charge in [-0.05, 0) is 73.7 Å². The lowest BCUT2D eigenvalue weighted by Crippen LogP contribution is -2.71. The fourth-order valence-electron chi connectivity index (χ4n) is 9.16. The summed E-state index contributed by atoms with van der Waals surface area (Å²) < 4.78 is 36.7. The molecule has 186 valence electrons. The molecule has 4 nitrogen and oxygen atoms in total. The maximum atomic E-state index is 15.5. The van der Waals surface area contributed by atoms with Gasteiger partial charge in [-0.25, -0.2) is 0 Å². The number of benzene rings is 2. The summed E-state index contributed by atoms with van der Waals surface area (Å²) in [6.45, 7) is 1.39. The number of amides is 1. The molecule has 6 heteroatoms. The molecule has 0 spiro atoms. The van der Waals surface area contributed by atoms with Crippen molar-refractivity contribution in [3.63, 3.8) is 0 Å². The van der Waals surface area contributed by atoms with Crippen molar-refractivity contribution in [1.82, 2.24) is 10.2 Å². The molecule has 2 saturated heterocycles. The number of hydrogen-bond acceptors (Lipinski definition) is 3. The van der Waals surface area contributed by atoms with E-state index in [0.717, 1.165) is 38.0 Å². The number of fused-ring (bicyclic) bond motifs is 1. The Bertz CT molecular complexity index is 1170. The molecule has 4 fully saturated rings. The van der Waals surface area contributed by atoms with E-state index in [1.807, 2.05) is 6.07 Å². The summed E-state index contributed by atoms with van der Waals surface area (Å²) in [7, 11) is 1.70. The third kappa shape index (κ3) is 2.67. The van der Waals surface area contributed by atoms with Crippen LogP contribution in [0.4, 0.5) is 8.78 Å². The first-order valence-corrected chi connectivity index (χ1v) is 12.6. The average Bonchev–Trinajstić information content (AvgIpc) is 3.34. The largest absolute Gasteiger partial charge is 0.497 e. The number of hydrogen-bond donors (Lipinski definition) is 1. The van der Waals surface area contributed by atoms with Crippen LogP contribution in [0.3, 0.4) is 0 Å². The number of carbonyl (C=O) groups is 1. The van der Waals surface area contributed by atoms with Gasteiger partial charge in [-0.15, -0.1) is 0 Å². The summed E-state index contributed by atoms with van der Waals surface area (Å²) in [5, 5.41) is 3.78. The summed E-state index contributed by atoms with van der Waals surface area (Å²) in [6, 6.07) is 14.2. The Morgan fingerprint density at radius 1 is 1.17 bits per heavy atom. The lowest BCUT2D eigenvalue weighted by Gasteiger charge is -2.66. The van der Waals surface area contributed by atoms with E-state index in [2.05, 4.69) is 17.4 Å². The number of alkyl halides is 2. The number of nitrogens with zero attached hydrogens (tertiary/aromatic N) is 1. The van der Waals surface area contributed by atoms with Gasteiger partial charge in [0.25, 0.3) is 5.91 Å². The maximum Gasteiger partial charge on any atom is 0.349 e. The number of halogens is 2. The lowest BCUT2D eigenvalue weighted by atomic mass is 9.43. The second-order valence-corrected chi connectivity index (χ2v) is 11.1. The number of methoxy groups -OCH3 is 1. The van der Waals surface area contributed by atoms with Gasteiger partial charge in [-0.2, -0.15) is 8.78 Å². The zero-order valence-electron chi connectivity index (χ0n) is 19.4. The Labute approximate surface area is 206 Å². The smallest absolute Gasteiger partial charge is 0.349 e. The molecule has 7 rings (SSSR count). The van der Waals surface area contributed by atoms with E-state index in [1.54, 1.807) is 30.2 Å². The van der Waals surface area contributed by atoms with E-state index in [4.69, 9.17) is 4.74 Å². The first-order valence-electron chi connectivity index (χ1n) is 12.6. The van der Waals surface area contributed by atoms with Gasteiger partial charge < -0.3 is 15.0 Å². The van der Waals surface area contributed by atoms with Gasteiger partial charge in [0.05, 0.1) is 7.11 Å². The molecule has 35 heavy (non-hydrogen) atoms. The highest BCUT2D eigenvalue weighted by molar-refractivity contribution is 5.85. The molecule has 2 heterocycles. The highest BCUT2D eigenvalue weighted by Crippen LogP contribution is 2.74. The van der Waals surface area contributed by atoms with Crippen LogP contribution in [0, 0.1) is 17.3 Å². The van der Waals surface area contributed by atoms with Crippen molar-refractivity contribution in [2.24, 2.45) is 17.3 Å². The van der Waals surface area contributed by atoms with Crippen LogP contribution in [0.25, 0.3) is 0 Å². The van der Waals surface area contributed by atoms with Gasteiger partial charge >= 0.3 is 5.92 Å². The quantitative estimate of drug-likeness (QED) is 0.679. The van der Waals surface area contributed by atoms with E-state index in [9.17, 15) is 4.79 Å². The molecule has 0 aromatic heterocycles. The number of ether oxygens (including phenoxy) is 1. The van der Waals surface area contributed by atoms with Gasteiger partial charge in [-0.1, -0.05) is 43.8 Å². The molecule has 1 N–H and O–H groups in total. The van der Waals surface area contributed by atoms with E-state index < -0.39 is 11.8 Å². The minimum Gasteiger partial charge on any atom is -0.497 e. The van der Waals surface area contributed by atoms with Crippen LogP contribution in [0.2, 0.25) is 0 Å². The van der Waals surface area contributed by atoms with Crippen LogP contribution < -0.4 is 10.1 Å². The molecule has 2 aliphatic heterocycles. The monoisotopic (exact) mass is 480 g/mol. The van der Waals surface area contributed by atoms with Crippen molar-refractivity contribution in [2.75, 3.05) is 20.2 Å². The van der Waals surface area contributed by atoms with Crippen LogP contribution in [-0.4, -0.2) is 43.1 Å². The molecule has 5 aliphatic rings. The van der Waals surface area contributed by atoms with Gasteiger partial charge in [-0.3, -0.25) is 4.79 Å². The van der Waals surface area contributed by atoms with Crippen molar-refractivity contribution in [2.45, 2.75) is 63.0 Å². The third-order valence-electron chi connectivity index (χ3n) is 10.2. The molecule has 0 radical (unpaired) electrons. The van der Waals surface area contributed by atoms with E-state index >= 15 is 8.78 Å². The lowest BCUT2D eigenvalue weighted by molar-refractivity contribution is -0.176. The SMILES string of the molecule is C.COc1ccc2c(c1)C13CCN(C(=O)C(F)(F)c4ccccc4)C(C2)C12CCC1NC[C@@H](C2)C13. The molecule has 5 unspecified atom stereocenters. The summed E-state index contributed by atoms with van der Waals surface area (Å²) in [5.74, 6) is -2.65. The van der Waals surface area contributed by atoms with Crippen LogP contribution in [0.1, 0.15) is 49.8 Å². The van der Waals surface area contributed by atoms with Gasteiger partial charge in [0.15, 0.2) is 0 Å². The van der Waals surface area contributed by atoms with E-state index in [1.165, 1.54) is 23.3 Å².